The molecule has 3 rings (SSSR count). The molecule has 0 saturated heterocycles. The van der Waals surface area contributed by atoms with Crippen LogP contribution in [0.3, 0.4) is 0 Å². The normalized spacial score (nSPS) is 10.7. The van der Waals surface area contributed by atoms with Gasteiger partial charge in [-0.25, -0.2) is 0 Å². The molecule has 0 saturated carbocycles. The summed E-state index contributed by atoms with van der Waals surface area (Å²) in [6.07, 6.45) is 0. The Morgan fingerprint density at radius 3 is 2.89 bits per heavy atom. The first-order valence-electron chi connectivity index (χ1n) is 5.83. The summed E-state index contributed by atoms with van der Waals surface area (Å²) in [4.78, 5) is 0. The topological polar surface area (TPSA) is 38.0 Å². The Kier molecular flexibility index (Phi) is 2.68. The van der Waals surface area contributed by atoms with Gasteiger partial charge in [0.1, 0.15) is 0 Å². The number of nitrogens with two attached hydrogens (primary N) is 1. The van der Waals surface area contributed by atoms with E-state index in [1.807, 2.05) is 25.1 Å². The van der Waals surface area contributed by atoms with Crippen molar-refractivity contribution in [2.24, 2.45) is 0 Å². The van der Waals surface area contributed by atoms with Gasteiger partial charge in [0.15, 0.2) is 0 Å². The zero-order valence-corrected chi connectivity index (χ0v) is 10.9. The van der Waals surface area contributed by atoms with Crippen LogP contribution >= 0.6 is 11.3 Å². The largest absolute Gasteiger partial charge is 0.397 e. The average Bonchev–Trinajstić information content (AvgIpc) is 2.82. The van der Waals surface area contributed by atoms with Gasteiger partial charge >= 0.3 is 0 Å². The number of hydrogen-bond donors (Lipinski definition) is 2. The van der Waals surface area contributed by atoms with Crippen LogP contribution in [0.4, 0.5) is 17.1 Å². The van der Waals surface area contributed by atoms with Crippen molar-refractivity contribution >= 4 is 38.5 Å². The number of nitrogens with one attached hydrogen (secondary N) is 1. The fraction of sp³-hybridized carbons (Fsp3) is 0.0667. The zero-order chi connectivity index (χ0) is 12.5. The summed E-state index contributed by atoms with van der Waals surface area (Å²) in [6, 6.07) is 14.5. The van der Waals surface area contributed by atoms with Gasteiger partial charge in [-0.05, 0) is 53.6 Å². The number of benzene rings is 2. The van der Waals surface area contributed by atoms with Crippen molar-refractivity contribution in [3.05, 3.63) is 53.4 Å². The summed E-state index contributed by atoms with van der Waals surface area (Å²) in [5.41, 5.74) is 10.00. The van der Waals surface area contributed by atoms with Crippen molar-refractivity contribution < 1.29 is 0 Å². The second kappa shape index (κ2) is 4.35. The Balaban J connectivity index is 1.98. The van der Waals surface area contributed by atoms with Crippen LogP contribution in [-0.4, -0.2) is 0 Å². The molecule has 2 aromatic carbocycles. The van der Waals surface area contributed by atoms with E-state index in [0.29, 0.717) is 0 Å². The van der Waals surface area contributed by atoms with Crippen LogP contribution in [0.2, 0.25) is 0 Å². The molecule has 0 aliphatic carbocycles. The van der Waals surface area contributed by atoms with E-state index in [4.69, 9.17) is 5.73 Å². The molecule has 0 fully saturated rings. The molecule has 0 atom stereocenters. The molecule has 90 valence electrons. The monoisotopic (exact) mass is 254 g/mol. The second-order valence-corrected chi connectivity index (χ2v) is 5.28. The number of hydrogen-bond acceptors (Lipinski definition) is 3. The Labute approximate surface area is 110 Å². The molecule has 0 amide bonds. The summed E-state index contributed by atoms with van der Waals surface area (Å²) >= 11 is 1.76. The minimum Gasteiger partial charge on any atom is -0.397 e. The van der Waals surface area contributed by atoms with Crippen molar-refractivity contribution in [1.29, 1.82) is 0 Å². The van der Waals surface area contributed by atoms with E-state index >= 15 is 0 Å². The molecule has 3 N–H and O–H groups in total. The molecule has 0 bridgehead atoms. The fourth-order valence-corrected chi connectivity index (χ4v) is 2.76. The highest BCUT2D eigenvalue weighted by Crippen LogP contribution is 2.29. The Morgan fingerprint density at radius 2 is 2.00 bits per heavy atom. The maximum absolute atomic E-state index is 6.06. The molecule has 0 unspecified atom stereocenters. The van der Waals surface area contributed by atoms with Crippen LogP contribution in [0.15, 0.2) is 47.8 Å². The van der Waals surface area contributed by atoms with E-state index in [1.165, 1.54) is 10.1 Å². The molecule has 0 aliphatic heterocycles. The van der Waals surface area contributed by atoms with Gasteiger partial charge in [0, 0.05) is 10.4 Å². The highest BCUT2D eigenvalue weighted by molar-refractivity contribution is 7.17. The predicted octanol–water partition coefficient (Wildman–Crippen LogP) is 4.54. The Hall–Kier alpha value is -2.00. The van der Waals surface area contributed by atoms with Gasteiger partial charge in [-0.3, -0.25) is 0 Å². The summed E-state index contributed by atoms with van der Waals surface area (Å²) in [6.45, 7) is 2.02. The lowest BCUT2D eigenvalue weighted by Crippen LogP contribution is -1.97. The van der Waals surface area contributed by atoms with E-state index in [-0.39, 0.29) is 0 Å². The number of rotatable bonds is 2. The SMILES string of the molecule is Cc1cccc(Nc2ccc3sccc3c2)c1N. The van der Waals surface area contributed by atoms with Gasteiger partial charge in [-0.15, -0.1) is 11.3 Å². The number of anilines is 3. The van der Waals surface area contributed by atoms with E-state index in [2.05, 4.69) is 35.0 Å². The van der Waals surface area contributed by atoms with Crippen LogP contribution in [0.25, 0.3) is 10.1 Å². The van der Waals surface area contributed by atoms with Crippen LogP contribution in [-0.2, 0) is 0 Å². The van der Waals surface area contributed by atoms with E-state index < -0.39 is 0 Å². The number of nitrogen functional groups attached to an aromatic ring is 1. The zero-order valence-electron chi connectivity index (χ0n) is 10.1. The standard InChI is InChI=1S/C15H14N2S/c1-10-3-2-4-13(15(10)16)17-12-5-6-14-11(9-12)7-8-18-14/h2-9,17H,16H2,1H3. The molecular formula is C15H14N2S. The van der Waals surface area contributed by atoms with Gasteiger partial charge in [0.2, 0.25) is 0 Å². The maximum atomic E-state index is 6.06. The Morgan fingerprint density at radius 1 is 1.11 bits per heavy atom. The summed E-state index contributed by atoms with van der Waals surface area (Å²) in [5.74, 6) is 0. The van der Waals surface area contributed by atoms with E-state index in [9.17, 15) is 0 Å². The molecule has 0 aliphatic rings. The lowest BCUT2D eigenvalue weighted by molar-refractivity contribution is 1.45. The fourth-order valence-electron chi connectivity index (χ4n) is 1.99. The maximum Gasteiger partial charge on any atom is 0.0620 e. The molecule has 1 heterocycles. The molecule has 0 spiro atoms. The molecule has 18 heavy (non-hydrogen) atoms. The van der Waals surface area contributed by atoms with E-state index in [1.54, 1.807) is 11.3 Å². The first-order valence-corrected chi connectivity index (χ1v) is 6.71. The van der Waals surface area contributed by atoms with Gasteiger partial charge < -0.3 is 11.1 Å². The molecule has 1 aromatic heterocycles. The second-order valence-electron chi connectivity index (χ2n) is 4.33. The minimum atomic E-state index is 0.808. The summed E-state index contributed by atoms with van der Waals surface area (Å²) < 4.78 is 1.30. The highest BCUT2D eigenvalue weighted by Gasteiger charge is 2.03. The average molecular weight is 254 g/mol. The van der Waals surface area contributed by atoms with Gasteiger partial charge in [-0.1, -0.05) is 12.1 Å². The van der Waals surface area contributed by atoms with Crippen molar-refractivity contribution in [2.45, 2.75) is 6.92 Å². The quantitative estimate of drug-likeness (QED) is 0.659. The third-order valence-electron chi connectivity index (χ3n) is 3.06. The smallest absolute Gasteiger partial charge is 0.0620 e. The van der Waals surface area contributed by atoms with Crippen LogP contribution in [0.5, 0.6) is 0 Å². The lowest BCUT2D eigenvalue weighted by atomic mass is 10.1. The number of fused-ring (bicyclic) bond motifs is 1. The van der Waals surface area contributed by atoms with Crippen molar-refractivity contribution in [1.82, 2.24) is 0 Å². The molecule has 2 nitrogen and oxygen atoms in total. The molecule has 3 aromatic rings. The van der Waals surface area contributed by atoms with Crippen molar-refractivity contribution in [2.75, 3.05) is 11.1 Å². The highest BCUT2D eigenvalue weighted by atomic mass is 32.1. The summed E-state index contributed by atoms with van der Waals surface area (Å²) in [5, 5.41) is 6.74. The molecule has 0 radical (unpaired) electrons. The predicted molar refractivity (Wildman–Crippen MR) is 80.7 cm³/mol. The Bertz CT molecular complexity index is 701. The van der Waals surface area contributed by atoms with Crippen LogP contribution in [0.1, 0.15) is 5.56 Å². The number of aryl methyl sites for hydroxylation is 1. The molecular weight excluding hydrogens is 240 g/mol. The van der Waals surface area contributed by atoms with Crippen LogP contribution < -0.4 is 11.1 Å². The first-order chi connectivity index (χ1) is 8.74. The van der Waals surface area contributed by atoms with Crippen molar-refractivity contribution in [3.8, 4) is 0 Å². The van der Waals surface area contributed by atoms with Crippen molar-refractivity contribution in [3.63, 3.8) is 0 Å². The van der Waals surface area contributed by atoms with Gasteiger partial charge in [0.25, 0.3) is 0 Å². The van der Waals surface area contributed by atoms with Crippen LogP contribution in [0, 0.1) is 6.92 Å². The summed E-state index contributed by atoms with van der Waals surface area (Å²) in [7, 11) is 0. The lowest BCUT2D eigenvalue weighted by Gasteiger charge is -2.11. The molecule has 3 heteroatoms. The van der Waals surface area contributed by atoms with Gasteiger partial charge in [0.05, 0.1) is 11.4 Å². The third kappa shape index (κ3) is 1.93. The minimum absolute atomic E-state index is 0.808. The van der Waals surface area contributed by atoms with E-state index in [0.717, 1.165) is 22.6 Å². The number of thiophene rings is 1. The van der Waals surface area contributed by atoms with Gasteiger partial charge in [-0.2, -0.15) is 0 Å². The first kappa shape index (κ1) is 11.1. The third-order valence-corrected chi connectivity index (χ3v) is 3.95. The number of para-hydroxylation sites is 1.